The third-order valence-electron chi connectivity index (χ3n) is 1.91. The molecule has 0 saturated carbocycles. The highest BCUT2D eigenvalue weighted by molar-refractivity contribution is 5.49. The lowest BCUT2D eigenvalue weighted by atomic mass is 9.82. The third kappa shape index (κ3) is 6.08. The molecule has 0 aromatic rings. The van der Waals surface area contributed by atoms with Crippen LogP contribution >= 0.6 is 0 Å². The molecule has 0 bridgehead atoms. The van der Waals surface area contributed by atoms with Crippen LogP contribution < -0.4 is 0 Å². The van der Waals surface area contributed by atoms with Crippen molar-refractivity contribution in [3.8, 4) is 0 Å². The summed E-state index contributed by atoms with van der Waals surface area (Å²) in [7, 11) is 0. The average molecular weight is 156 g/mol. The van der Waals surface area contributed by atoms with Gasteiger partial charge < -0.3 is 4.79 Å². The second kappa shape index (κ2) is 4.53. The van der Waals surface area contributed by atoms with E-state index in [2.05, 4.69) is 27.7 Å². The van der Waals surface area contributed by atoms with Gasteiger partial charge in [-0.05, 0) is 17.8 Å². The van der Waals surface area contributed by atoms with Crippen LogP contribution in [0.2, 0.25) is 0 Å². The molecular weight excluding hydrogens is 136 g/mol. The maximum atomic E-state index is 10.3. The quantitative estimate of drug-likeness (QED) is 0.572. The number of rotatable bonds is 4. The van der Waals surface area contributed by atoms with Crippen LogP contribution in [0, 0.1) is 11.3 Å². The van der Waals surface area contributed by atoms with Gasteiger partial charge in [-0.15, -0.1) is 0 Å². The van der Waals surface area contributed by atoms with Crippen molar-refractivity contribution in [1.82, 2.24) is 0 Å². The van der Waals surface area contributed by atoms with Crippen LogP contribution in [0.4, 0.5) is 0 Å². The predicted octanol–water partition coefficient (Wildman–Crippen LogP) is 3.04. The van der Waals surface area contributed by atoms with Crippen molar-refractivity contribution in [2.75, 3.05) is 0 Å². The molecule has 0 spiro atoms. The van der Waals surface area contributed by atoms with E-state index in [0.29, 0.717) is 11.3 Å². The van der Waals surface area contributed by atoms with Crippen LogP contribution in [0.3, 0.4) is 0 Å². The molecule has 0 aliphatic heterocycles. The molecule has 0 unspecified atom stereocenters. The third-order valence-corrected chi connectivity index (χ3v) is 1.91. The fourth-order valence-electron chi connectivity index (χ4n) is 1.40. The molecule has 0 N–H and O–H groups in total. The molecule has 0 radical (unpaired) electrons. The molecule has 0 aromatic carbocycles. The summed E-state index contributed by atoms with van der Waals surface area (Å²) in [4.78, 5) is 10.3. The first kappa shape index (κ1) is 10.7. The van der Waals surface area contributed by atoms with Crippen molar-refractivity contribution < 1.29 is 4.79 Å². The van der Waals surface area contributed by atoms with Gasteiger partial charge in [0.1, 0.15) is 6.29 Å². The zero-order valence-corrected chi connectivity index (χ0v) is 8.18. The molecule has 1 nitrogen and oxygen atoms in total. The summed E-state index contributed by atoms with van der Waals surface area (Å²) < 4.78 is 0. The van der Waals surface area contributed by atoms with Crippen LogP contribution in [-0.2, 0) is 4.79 Å². The molecule has 1 heteroatoms. The Bertz CT molecular complexity index is 111. The molecule has 1 atom stereocenters. The van der Waals surface area contributed by atoms with E-state index < -0.39 is 0 Å². The van der Waals surface area contributed by atoms with E-state index in [1.54, 1.807) is 0 Å². The Labute approximate surface area is 70.2 Å². The van der Waals surface area contributed by atoms with E-state index in [9.17, 15) is 4.79 Å². The van der Waals surface area contributed by atoms with Crippen LogP contribution in [0.5, 0.6) is 0 Å². The van der Waals surface area contributed by atoms with E-state index in [0.717, 1.165) is 25.5 Å². The Balaban J connectivity index is 3.77. The summed E-state index contributed by atoms with van der Waals surface area (Å²) >= 11 is 0. The van der Waals surface area contributed by atoms with Gasteiger partial charge in [0.05, 0.1) is 0 Å². The van der Waals surface area contributed by atoms with Gasteiger partial charge in [0.15, 0.2) is 0 Å². The van der Waals surface area contributed by atoms with E-state index in [4.69, 9.17) is 0 Å². The molecule has 0 rings (SSSR count). The van der Waals surface area contributed by atoms with Gasteiger partial charge in [0, 0.05) is 6.42 Å². The second-order valence-electron chi connectivity index (χ2n) is 4.44. The van der Waals surface area contributed by atoms with Gasteiger partial charge in [0.2, 0.25) is 0 Å². The van der Waals surface area contributed by atoms with Gasteiger partial charge in [-0.3, -0.25) is 0 Å². The molecule has 0 heterocycles. The van der Waals surface area contributed by atoms with Crippen molar-refractivity contribution in [1.29, 1.82) is 0 Å². The minimum atomic E-state index is 0.365. The Kier molecular flexibility index (Phi) is 4.39. The number of hydrogen-bond acceptors (Lipinski definition) is 1. The van der Waals surface area contributed by atoms with Crippen molar-refractivity contribution in [3.63, 3.8) is 0 Å². The first-order valence-electron chi connectivity index (χ1n) is 4.43. The van der Waals surface area contributed by atoms with Crippen molar-refractivity contribution in [2.45, 2.75) is 47.0 Å². The lowest BCUT2D eigenvalue weighted by Gasteiger charge is -2.23. The second-order valence-corrected chi connectivity index (χ2v) is 4.44. The van der Waals surface area contributed by atoms with Gasteiger partial charge in [-0.2, -0.15) is 0 Å². The number of aldehydes is 1. The fourth-order valence-corrected chi connectivity index (χ4v) is 1.40. The SMILES string of the molecule is CC[C@@H](CC=O)CC(C)(C)C. The lowest BCUT2D eigenvalue weighted by molar-refractivity contribution is -0.108. The summed E-state index contributed by atoms with van der Waals surface area (Å²) in [5.41, 5.74) is 0.365. The highest BCUT2D eigenvalue weighted by atomic mass is 16.1. The molecule has 0 fully saturated rings. The van der Waals surface area contributed by atoms with Crippen molar-refractivity contribution in [3.05, 3.63) is 0 Å². The van der Waals surface area contributed by atoms with Gasteiger partial charge in [-0.25, -0.2) is 0 Å². The Hall–Kier alpha value is -0.330. The first-order valence-corrected chi connectivity index (χ1v) is 4.43. The summed E-state index contributed by atoms with van der Waals surface area (Å²) in [6.45, 7) is 8.82. The van der Waals surface area contributed by atoms with Crippen molar-refractivity contribution >= 4 is 6.29 Å². The van der Waals surface area contributed by atoms with Gasteiger partial charge in [-0.1, -0.05) is 34.1 Å². The number of carbonyl (C=O) groups excluding carboxylic acids is 1. The van der Waals surface area contributed by atoms with E-state index >= 15 is 0 Å². The zero-order chi connectivity index (χ0) is 8.91. The van der Waals surface area contributed by atoms with E-state index in [1.807, 2.05) is 0 Å². The summed E-state index contributed by atoms with van der Waals surface area (Å²) in [6, 6.07) is 0. The van der Waals surface area contributed by atoms with Crippen LogP contribution in [0.25, 0.3) is 0 Å². The molecule has 0 aliphatic carbocycles. The Morgan fingerprint density at radius 3 is 2.18 bits per heavy atom. The molecule has 11 heavy (non-hydrogen) atoms. The largest absolute Gasteiger partial charge is 0.303 e. The Morgan fingerprint density at radius 2 is 1.91 bits per heavy atom. The first-order chi connectivity index (χ1) is 4.99. The molecule has 0 aromatic heterocycles. The van der Waals surface area contributed by atoms with E-state index in [1.165, 1.54) is 0 Å². The molecule has 0 amide bonds. The minimum Gasteiger partial charge on any atom is -0.303 e. The van der Waals surface area contributed by atoms with E-state index in [-0.39, 0.29) is 0 Å². The lowest BCUT2D eigenvalue weighted by Crippen LogP contribution is -2.13. The predicted molar refractivity (Wildman–Crippen MR) is 48.5 cm³/mol. The van der Waals surface area contributed by atoms with Gasteiger partial charge >= 0.3 is 0 Å². The number of carbonyl (C=O) groups is 1. The van der Waals surface area contributed by atoms with Crippen LogP contribution in [-0.4, -0.2) is 6.29 Å². The van der Waals surface area contributed by atoms with Crippen LogP contribution in [0.1, 0.15) is 47.0 Å². The van der Waals surface area contributed by atoms with Crippen LogP contribution in [0.15, 0.2) is 0 Å². The van der Waals surface area contributed by atoms with Crippen molar-refractivity contribution in [2.24, 2.45) is 11.3 Å². The average Bonchev–Trinajstić information content (AvgIpc) is 1.84. The molecule has 0 aliphatic rings. The zero-order valence-electron chi connectivity index (χ0n) is 8.18. The summed E-state index contributed by atoms with van der Waals surface area (Å²) in [5.74, 6) is 0.590. The van der Waals surface area contributed by atoms with Gasteiger partial charge in [0.25, 0.3) is 0 Å². The topological polar surface area (TPSA) is 17.1 Å². The minimum absolute atomic E-state index is 0.365. The maximum absolute atomic E-state index is 10.3. The smallest absolute Gasteiger partial charge is 0.120 e. The highest BCUT2D eigenvalue weighted by Gasteiger charge is 2.16. The summed E-state index contributed by atoms with van der Waals surface area (Å²) in [6.07, 6.45) is 4.05. The number of hydrogen-bond donors (Lipinski definition) is 0. The molecular formula is C10H20O. The Morgan fingerprint density at radius 1 is 1.36 bits per heavy atom. The molecule has 0 saturated heterocycles. The summed E-state index contributed by atoms with van der Waals surface area (Å²) in [5, 5.41) is 0. The fraction of sp³-hybridized carbons (Fsp3) is 0.900. The normalized spacial score (nSPS) is 14.5. The maximum Gasteiger partial charge on any atom is 0.120 e. The monoisotopic (exact) mass is 156 g/mol. The highest BCUT2D eigenvalue weighted by Crippen LogP contribution is 2.27. The standard InChI is InChI=1S/C10H20O/c1-5-9(6-7-11)8-10(2,3)4/h7,9H,5-6,8H2,1-4H3/t9-/m0/s1. The molecule has 66 valence electrons.